The topological polar surface area (TPSA) is 228 Å². The van der Waals surface area contributed by atoms with Gasteiger partial charge in [-0.2, -0.15) is 0 Å². The maximum Gasteiger partial charge on any atom is 0.220 e. The van der Waals surface area contributed by atoms with Gasteiger partial charge in [0.15, 0.2) is 12.6 Å². The molecule has 2 aliphatic heterocycles. The molecular formula is C45H79NO13. The normalized spacial score (nSPS) is 29.0. The number of carbonyl (C=O) groups is 1. The lowest BCUT2D eigenvalue weighted by Crippen LogP contribution is -2.65. The van der Waals surface area contributed by atoms with Gasteiger partial charge in [-0.3, -0.25) is 4.79 Å². The van der Waals surface area contributed by atoms with Crippen molar-refractivity contribution in [2.75, 3.05) is 19.8 Å². The molecule has 0 radical (unpaired) electrons. The highest BCUT2D eigenvalue weighted by Gasteiger charge is 2.50. The minimum atomic E-state index is -1.79. The number of allylic oxidation sites excluding steroid dienone is 7. The summed E-state index contributed by atoms with van der Waals surface area (Å²) in [5, 5.41) is 86.3. The monoisotopic (exact) mass is 842 g/mol. The van der Waals surface area contributed by atoms with Gasteiger partial charge in [-0.15, -0.1) is 0 Å². The molecule has 0 aromatic carbocycles. The molecule has 12 unspecified atom stereocenters. The summed E-state index contributed by atoms with van der Waals surface area (Å²) < 4.78 is 22.6. The molecule has 14 nitrogen and oxygen atoms in total. The molecule has 0 aliphatic carbocycles. The molecule has 14 heteroatoms. The Balaban J connectivity index is 1.93. The van der Waals surface area contributed by atoms with Crippen LogP contribution in [0.2, 0.25) is 0 Å². The maximum atomic E-state index is 13.1. The van der Waals surface area contributed by atoms with Crippen molar-refractivity contribution in [3.05, 3.63) is 48.6 Å². The average molecular weight is 842 g/mol. The number of ether oxygens (including phenoxy) is 4. The van der Waals surface area contributed by atoms with Crippen molar-refractivity contribution in [3.8, 4) is 0 Å². The first-order chi connectivity index (χ1) is 28.6. The van der Waals surface area contributed by atoms with Crippen LogP contribution in [0.1, 0.15) is 136 Å². The van der Waals surface area contributed by atoms with Crippen molar-refractivity contribution >= 4 is 5.91 Å². The molecule has 0 aromatic heterocycles. The molecule has 2 rings (SSSR count). The zero-order valence-corrected chi connectivity index (χ0v) is 35.7. The molecule has 2 fully saturated rings. The van der Waals surface area contributed by atoms with Crippen LogP contribution in [0.25, 0.3) is 0 Å². The van der Waals surface area contributed by atoms with Crippen molar-refractivity contribution in [3.63, 3.8) is 0 Å². The number of amides is 1. The van der Waals surface area contributed by atoms with Crippen LogP contribution in [-0.2, 0) is 23.7 Å². The predicted molar refractivity (Wildman–Crippen MR) is 226 cm³/mol. The summed E-state index contributed by atoms with van der Waals surface area (Å²) in [5.74, 6) is -0.269. The molecular weight excluding hydrogens is 762 g/mol. The summed E-state index contributed by atoms with van der Waals surface area (Å²) >= 11 is 0. The molecule has 2 aliphatic rings. The number of aliphatic hydroxyl groups is 8. The SMILES string of the molecule is CCCC/C=C\C/C=C\CCCCCCCC(=O)NC(COC1OC(CO)C(OC2OC(CO)C(O)C(O)C2O)C(O)C1O)C(O)/C=C/CC/C=C/CCCCCCC. The van der Waals surface area contributed by atoms with Gasteiger partial charge in [0.05, 0.1) is 32.0 Å². The van der Waals surface area contributed by atoms with E-state index < -0.39 is 86.8 Å². The van der Waals surface area contributed by atoms with E-state index in [1.807, 2.05) is 6.08 Å². The van der Waals surface area contributed by atoms with Gasteiger partial charge < -0.3 is 65.1 Å². The Morgan fingerprint density at radius 3 is 1.81 bits per heavy atom. The number of hydrogen-bond acceptors (Lipinski definition) is 13. The summed E-state index contributed by atoms with van der Waals surface area (Å²) in [5.41, 5.74) is 0. The molecule has 9 N–H and O–H groups in total. The van der Waals surface area contributed by atoms with Crippen LogP contribution in [0.3, 0.4) is 0 Å². The van der Waals surface area contributed by atoms with Gasteiger partial charge in [0.25, 0.3) is 0 Å². The van der Waals surface area contributed by atoms with E-state index in [-0.39, 0.29) is 18.9 Å². The molecule has 2 heterocycles. The largest absolute Gasteiger partial charge is 0.394 e. The first kappa shape index (κ1) is 53.1. The number of rotatable bonds is 32. The molecule has 0 aromatic rings. The van der Waals surface area contributed by atoms with Gasteiger partial charge in [0, 0.05) is 6.42 Å². The van der Waals surface area contributed by atoms with Crippen LogP contribution in [0.15, 0.2) is 48.6 Å². The fourth-order valence-corrected chi connectivity index (χ4v) is 6.97. The molecule has 0 bridgehead atoms. The Morgan fingerprint density at radius 1 is 0.610 bits per heavy atom. The Bertz CT molecular complexity index is 1180. The predicted octanol–water partition coefficient (Wildman–Crippen LogP) is 4.15. The molecule has 59 heavy (non-hydrogen) atoms. The Hall–Kier alpha value is -2.05. The van der Waals surface area contributed by atoms with E-state index in [9.17, 15) is 45.6 Å². The average Bonchev–Trinajstić information content (AvgIpc) is 3.23. The van der Waals surface area contributed by atoms with Crippen LogP contribution in [0.4, 0.5) is 0 Å². The van der Waals surface area contributed by atoms with Crippen LogP contribution >= 0.6 is 0 Å². The summed E-state index contributed by atoms with van der Waals surface area (Å²) in [6.07, 6.45) is 18.8. The Morgan fingerprint density at radius 2 is 1.15 bits per heavy atom. The van der Waals surface area contributed by atoms with Crippen LogP contribution in [-0.4, -0.2) is 140 Å². The van der Waals surface area contributed by atoms with Crippen molar-refractivity contribution in [2.24, 2.45) is 0 Å². The summed E-state index contributed by atoms with van der Waals surface area (Å²) in [7, 11) is 0. The number of unbranched alkanes of at least 4 members (excludes halogenated alkanes) is 13. The van der Waals surface area contributed by atoms with Crippen LogP contribution < -0.4 is 5.32 Å². The summed E-state index contributed by atoms with van der Waals surface area (Å²) in [6, 6.07) is -0.936. The van der Waals surface area contributed by atoms with Gasteiger partial charge >= 0.3 is 0 Å². The molecule has 1 amide bonds. The third-order valence-electron chi connectivity index (χ3n) is 10.7. The van der Waals surface area contributed by atoms with Gasteiger partial charge in [-0.25, -0.2) is 0 Å². The lowest BCUT2D eigenvalue weighted by Gasteiger charge is -2.46. The highest BCUT2D eigenvalue weighted by molar-refractivity contribution is 5.76. The lowest BCUT2D eigenvalue weighted by atomic mass is 9.97. The van der Waals surface area contributed by atoms with Crippen molar-refractivity contribution in [2.45, 2.75) is 209 Å². The third kappa shape index (κ3) is 21.1. The number of carbonyl (C=O) groups excluding carboxylic acids is 1. The lowest BCUT2D eigenvalue weighted by molar-refractivity contribution is -0.359. The molecule has 2 saturated heterocycles. The molecule has 12 atom stereocenters. The minimum absolute atomic E-state index is 0.255. The fraction of sp³-hybridized carbons (Fsp3) is 0.800. The second kappa shape index (κ2) is 32.6. The molecule has 0 spiro atoms. The highest BCUT2D eigenvalue weighted by atomic mass is 16.7. The van der Waals surface area contributed by atoms with E-state index in [4.69, 9.17) is 18.9 Å². The number of aliphatic hydroxyl groups excluding tert-OH is 8. The second-order valence-electron chi connectivity index (χ2n) is 15.8. The zero-order chi connectivity index (χ0) is 43.3. The van der Waals surface area contributed by atoms with Gasteiger partial charge in [0.1, 0.15) is 48.8 Å². The van der Waals surface area contributed by atoms with Gasteiger partial charge in [0.2, 0.25) is 5.91 Å². The fourth-order valence-electron chi connectivity index (χ4n) is 6.97. The Kier molecular flexibility index (Phi) is 29.4. The first-order valence-electron chi connectivity index (χ1n) is 22.4. The van der Waals surface area contributed by atoms with E-state index in [1.165, 1.54) is 44.9 Å². The van der Waals surface area contributed by atoms with Crippen LogP contribution in [0, 0.1) is 0 Å². The van der Waals surface area contributed by atoms with E-state index >= 15 is 0 Å². The minimum Gasteiger partial charge on any atom is -0.394 e. The Labute approximate surface area is 353 Å². The number of hydrogen-bond donors (Lipinski definition) is 9. The first-order valence-corrected chi connectivity index (χ1v) is 22.4. The standard InChI is InChI=1S/C45H79NO13/c1-3-5-7-9-11-13-15-16-17-19-21-23-25-27-29-37(50)46-33(34(49)28-26-24-22-20-18-14-12-10-8-6-4-2)32-56-44-42(55)40(53)43(36(31-48)58-44)59-45-41(54)39(52)38(51)35(30-47)57-45/h9,11,15-16,18,20,26,28,33-36,38-45,47-49,51-55H,3-8,10,12-14,17,19,21-25,27,29-32H2,1-2H3,(H,46,50)/b11-9-,16-15-,20-18+,28-26+. The summed E-state index contributed by atoms with van der Waals surface area (Å²) in [4.78, 5) is 13.1. The second-order valence-corrected chi connectivity index (χ2v) is 15.8. The van der Waals surface area contributed by atoms with E-state index in [0.29, 0.717) is 12.8 Å². The van der Waals surface area contributed by atoms with Crippen molar-refractivity contribution in [1.29, 1.82) is 0 Å². The maximum absolute atomic E-state index is 13.1. The van der Waals surface area contributed by atoms with E-state index in [0.717, 1.165) is 57.8 Å². The van der Waals surface area contributed by atoms with Gasteiger partial charge in [-0.1, -0.05) is 120 Å². The van der Waals surface area contributed by atoms with Crippen LogP contribution in [0.5, 0.6) is 0 Å². The summed E-state index contributed by atoms with van der Waals surface area (Å²) in [6.45, 7) is 2.65. The van der Waals surface area contributed by atoms with Crippen molar-refractivity contribution in [1.82, 2.24) is 5.32 Å². The molecule has 0 saturated carbocycles. The highest BCUT2D eigenvalue weighted by Crippen LogP contribution is 2.30. The van der Waals surface area contributed by atoms with E-state index in [2.05, 4.69) is 55.6 Å². The third-order valence-corrected chi connectivity index (χ3v) is 10.7. The molecule has 342 valence electrons. The van der Waals surface area contributed by atoms with E-state index in [1.54, 1.807) is 6.08 Å². The quantitative estimate of drug-likeness (QED) is 0.0343. The van der Waals surface area contributed by atoms with Crippen molar-refractivity contribution < 1.29 is 64.6 Å². The number of nitrogens with one attached hydrogen (secondary N) is 1. The zero-order valence-electron chi connectivity index (χ0n) is 35.7. The van der Waals surface area contributed by atoms with Gasteiger partial charge in [-0.05, 0) is 57.8 Å². The smallest absolute Gasteiger partial charge is 0.220 e.